The van der Waals surface area contributed by atoms with Gasteiger partial charge in [-0.25, -0.2) is 4.79 Å². The second-order valence-corrected chi connectivity index (χ2v) is 4.28. The Hall–Kier alpha value is -1.77. The van der Waals surface area contributed by atoms with E-state index in [2.05, 4.69) is 24.6 Å². The lowest BCUT2D eigenvalue weighted by Gasteiger charge is -2.04. The first kappa shape index (κ1) is 11.7. The van der Waals surface area contributed by atoms with Crippen LogP contribution >= 0.6 is 0 Å². The first-order valence-electron chi connectivity index (χ1n) is 5.94. The van der Waals surface area contributed by atoms with E-state index in [0.29, 0.717) is 5.56 Å². The zero-order chi connectivity index (χ0) is 12.6. The third kappa shape index (κ3) is 1.82. The molecule has 0 aliphatic carbocycles. The largest absolute Gasteiger partial charge is 0.478 e. The molecule has 2 aromatic rings. The highest BCUT2D eigenvalue weighted by Gasteiger charge is 2.13. The third-order valence-electron chi connectivity index (χ3n) is 3.26. The fraction of sp³-hybridized carbons (Fsp3) is 0.357. The van der Waals surface area contributed by atoms with Crippen LogP contribution in [0.4, 0.5) is 0 Å². The molecule has 0 spiro atoms. The Balaban J connectivity index is 2.79. The number of hydrogen-bond donors (Lipinski definition) is 1. The third-order valence-corrected chi connectivity index (χ3v) is 3.26. The summed E-state index contributed by atoms with van der Waals surface area (Å²) in [7, 11) is 0. The smallest absolute Gasteiger partial charge is 0.335 e. The Bertz CT molecular complexity index is 581. The summed E-state index contributed by atoms with van der Waals surface area (Å²) < 4.78 is 2.17. The zero-order valence-corrected chi connectivity index (χ0v) is 10.4. The Labute approximate surface area is 101 Å². The van der Waals surface area contributed by atoms with Crippen LogP contribution in [0, 0.1) is 6.92 Å². The molecule has 2 rings (SSSR count). The van der Waals surface area contributed by atoms with E-state index in [4.69, 9.17) is 5.11 Å². The molecule has 0 bridgehead atoms. The van der Waals surface area contributed by atoms with Crippen LogP contribution in [0.5, 0.6) is 0 Å². The molecular formula is C14H17NO2. The number of aryl methyl sites for hydroxylation is 3. The number of aromatic nitrogens is 1. The van der Waals surface area contributed by atoms with Crippen molar-refractivity contribution < 1.29 is 9.90 Å². The second-order valence-electron chi connectivity index (χ2n) is 4.28. The van der Waals surface area contributed by atoms with Crippen molar-refractivity contribution >= 4 is 16.9 Å². The molecule has 3 nitrogen and oxygen atoms in total. The van der Waals surface area contributed by atoms with Gasteiger partial charge in [-0.2, -0.15) is 0 Å². The van der Waals surface area contributed by atoms with Crippen LogP contribution in [0.3, 0.4) is 0 Å². The molecule has 17 heavy (non-hydrogen) atoms. The number of aromatic carboxylic acids is 1. The maximum Gasteiger partial charge on any atom is 0.335 e. The predicted octanol–water partition coefficient (Wildman–Crippen LogP) is 3.23. The molecule has 0 fully saturated rings. The molecule has 0 aliphatic heterocycles. The van der Waals surface area contributed by atoms with Crippen molar-refractivity contribution in [1.29, 1.82) is 0 Å². The minimum Gasteiger partial charge on any atom is -0.478 e. The normalized spacial score (nSPS) is 11.0. The maximum atomic E-state index is 11.1. The topological polar surface area (TPSA) is 42.2 Å². The van der Waals surface area contributed by atoms with Gasteiger partial charge in [0, 0.05) is 23.6 Å². The van der Waals surface area contributed by atoms with E-state index < -0.39 is 5.97 Å². The van der Waals surface area contributed by atoms with E-state index >= 15 is 0 Å². The van der Waals surface area contributed by atoms with Crippen molar-refractivity contribution in [2.24, 2.45) is 0 Å². The quantitative estimate of drug-likeness (QED) is 0.881. The predicted molar refractivity (Wildman–Crippen MR) is 68.7 cm³/mol. The molecular weight excluding hydrogens is 214 g/mol. The molecule has 3 heteroatoms. The summed E-state index contributed by atoms with van der Waals surface area (Å²) in [4.78, 5) is 11.1. The summed E-state index contributed by atoms with van der Waals surface area (Å²) in [5.41, 5.74) is 3.57. The number of hydrogen-bond acceptors (Lipinski definition) is 1. The van der Waals surface area contributed by atoms with Crippen molar-refractivity contribution in [3.05, 3.63) is 35.0 Å². The van der Waals surface area contributed by atoms with Crippen LogP contribution in [-0.4, -0.2) is 15.6 Å². The van der Waals surface area contributed by atoms with Gasteiger partial charge in [-0.05, 0) is 43.5 Å². The van der Waals surface area contributed by atoms with E-state index in [9.17, 15) is 4.79 Å². The Morgan fingerprint density at radius 3 is 2.59 bits per heavy atom. The van der Waals surface area contributed by atoms with E-state index in [1.165, 1.54) is 5.56 Å². The van der Waals surface area contributed by atoms with Gasteiger partial charge in [-0.3, -0.25) is 0 Å². The van der Waals surface area contributed by atoms with Crippen molar-refractivity contribution in [2.45, 2.75) is 33.7 Å². The zero-order valence-electron chi connectivity index (χ0n) is 10.4. The second kappa shape index (κ2) is 4.24. The van der Waals surface area contributed by atoms with Crippen LogP contribution in [0.2, 0.25) is 0 Å². The molecule has 0 unspecified atom stereocenters. The SMILES string of the molecule is CCc1cn(CC)c2cc(C)c(C(=O)O)cc12. The van der Waals surface area contributed by atoms with Crippen LogP contribution in [0.1, 0.15) is 35.3 Å². The number of carboxylic acids is 1. The van der Waals surface area contributed by atoms with Crippen LogP contribution in [0.25, 0.3) is 10.9 Å². The number of benzene rings is 1. The summed E-state index contributed by atoms with van der Waals surface area (Å²) in [5.74, 6) is -0.851. The summed E-state index contributed by atoms with van der Waals surface area (Å²) in [6.07, 6.45) is 3.04. The van der Waals surface area contributed by atoms with E-state index in [1.54, 1.807) is 6.07 Å². The Morgan fingerprint density at radius 2 is 2.06 bits per heavy atom. The van der Waals surface area contributed by atoms with Gasteiger partial charge in [0.05, 0.1) is 5.56 Å². The number of fused-ring (bicyclic) bond motifs is 1. The summed E-state index contributed by atoms with van der Waals surface area (Å²) >= 11 is 0. The van der Waals surface area contributed by atoms with Gasteiger partial charge < -0.3 is 9.67 Å². The lowest BCUT2D eigenvalue weighted by molar-refractivity contribution is 0.0696. The molecule has 0 atom stereocenters. The number of nitrogens with zero attached hydrogens (tertiary/aromatic N) is 1. The molecule has 0 radical (unpaired) electrons. The molecule has 0 saturated carbocycles. The van der Waals surface area contributed by atoms with Crippen LogP contribution < -0.4 is 0 Å². The molecule has 0 aliphatic rings. The molecule has 1 N–H and O–H groups in total. The average molecular weight is 231 g/mol. The van der Waals surface area contributed by atoms with E-state index in [1.807, 2.05) is 13.0 Å². The summed E-state index contributed by atoms with van der Waals surface area (Å²) in [6, 6.07) is 3.78. The fourth-order valence-corrected chi connectivity index (χ4v) is 2.29. The van der Waals surface area contributed by atoms with Crippen molar-refractivity contribution in [3.63, 3.8) is 0 Å². The van der Waals surface area contributed by atoms with Gasteiger partial charge in [0.25, 0.3) is 0 Å². The Kier molecular flexibility index (Phi) is 2.92. The first-order valence-corrected chi connectivity index (χ1v) is 5.94. The van der Waals surface area contributed by atoms with Gasteiger partial charge in [0.2, 0.25) is 0 Å². The molecule has 0 saturated heterocycles. The number of rotatable bonds is 3. The Morgan fingerprint density at radius 1 is 1.35 bits per heavy atom. The minimum absolute atomic E-state index is 0.404. The standard InChI is InChI=1S/C14H17NO2/c1-4-10-8-15(5-2)13-6-9(3)11(14(16)17)7-12(10)13/h6-8H,4-5H2,1-3H3,(H,16,17). The van der Waals surface area contributed by atoms with Crippen molar-refractivity contribution in [2.75, 3.05) is 0 Å². The number of carboxylic acid groups (broad SMARTS) is 1. The number of carbonyl (C=O) groups is 1. The highest BCUT2D eigenvalue weighted by atomic mass is 16.4. The molecule has 90 valence electrons. The monoisotopic (exact) mass is 231 g/mol. The fourth-order valence-electron chi connectivity index (χ4n) is 2.29. The van der Waals surface area contributed by atoms with Crippen LogP contribution in [0.15, 0.2) is 18.3 Å². The molecule has 0 amide bonds. The van der Waals surface area contributed by atoms with Gasteiger partial charge in [-0.1, -0.05) is 6.92 Å². The van der Waals surface area contributed by atoms with E-state index in [-0.39, 0.29) is 0 Å². The maximum absolute atomic E-state index is 11.1. The van der Waals surface area contributed by atoms with Crippen LogP contribution in [-0.2, 0) is 13.0 Å². The van der Waals surface area contributed by atoms with Crippen molar-refractivity contribution in [1.82, 2.24) is 4.57 Å². The van der Waals surface area contributed by atoms with Gasteiger partial charge >= 0.3 is 5.97 Å². The molecule has 1 aromatic carbocycles. The summed E-state index contributed by atoms with van der Waals surface area (Å²) in [6.45, 7) is 6.94. The first-order chi connectivity index (χ1) is 8.08. The highest BCUT2D eigenvalue weighted by Crippen LogP contribution is 2.25. The minimum atomic E-state index is -0.851. The molecule has 1 aromatic heterocycles. The highest BCUT2D eigenvalue weighted by molar-refractivity contribution is 5.96. The van der Waals surface area contributed by atoms with Crippen molar-refractivity contribution in [3.8, 4) is 0 Å². The molecule has 1 heterocycles. The average Bonchev–Trinajstić information content (AvgIpc) is 2.64. The van der Waals surface area contributed by atoms with Gasteiger partial charge in [0.1, 0.15) is 0 Å². The summed E-state index contributed by atoms with van der Waals surface area (Å²) in [5, 5.41) is 10.2. The lowest BCUT2D eigenvalue weighted by Crippen LogP contribution is -2.00. The van der Waals surface area contributed by atoms with Gasteiger partial charge in [0.15, 0.2) is 0 Å². The lowest BCUT2D eigenvalue weighted by atomic mass is 10.0. The van der Waals surface area contributed by atoms with Gasteiger partial charge in [-0.15, -0.1) is 0 Å². The van der Waals surface area contributed by atoms with E-state index in [0.717, 1.165) is 29.4 Å².